The van der Waals surface area contributed by atoms with E-state index >= 15 is 0 Å². The minimum Gasteiger partial charge on any atom is -0.497 e. The highest BCUT2D eigenvalue weighted by atomic mass is 16.5. The second kappa shape index (κ2) is 6.36. The van der Waals surface area contributed by atoms with Gasteiger partial charge in [0.15, 0.2) is 0 Å². The van der Waals surface area contributed by atoms with Crippen molar-refractivity contribution in [1.82, 2.24) is 0 Å². The van der Waals surface area contributed by atoms with Crippen molar-refractivity contribution >= 4 is 0 Å². The molecule has 3 nitrogen and oxygen atoms in total. The van der Waals surface area contributed by atoms with Crippen molar-refractivity contribution < 1.29 is 14.9 Å². The Hall–Kier alpha value is -1.84. The van der Waals surface area contributed by atoms with Gasteiger partial charge in [0.1, 0.15) is 5.75 Å². The van der Waals surface area contributed by atoms with Crippen LogP contribution >= 0.6 is 0 Å². The number of methoxy groups -OCH3 is 1. The zero-order chi connectivity index (χ0) is 13.7. The predicted molar refractivity (Wildman–Crippen MR) is 75.3 cm³/mol. The maximum atomic E-state index is 9.15. The Morgan fingerprint density at radius 3 is 1.74 bits per heavy atom. The number of benzene rings is 2. The van der Waals surface area contributed by atoms with Gasteiger partial charge in [-0.1, -0.05) is 36.4 Å². The van der Waals surface area contributed by atoms with Gasteiger partial charge in [0, 0.05) is 5.92 Å². The highest BCUT2D eigenvalue weighted by Crippen LogP contribution is 2.24. The van der Waals surface area contributed by atoms with Gasteiger partial charge in [-0.05, 0) is 28.8 Å². The summed E-state index contributed by atoms with van der Waals surface area (Å²) in [7, 11) is 1.65. The first-order chi connectivity index (χ1) is 9.28. The van der Waals surface area contributed by atoms with E-state index < -0.39 is 0 Å². The summed E-state index contributed by atoms with van der Waals surface area (Å²) in [4.78, 5) is 0. The Balaban J connectivity index is 2.21. The van der Waals surface area contributed by atoms with Gasteiger partial charge in [-0.3, -0.25) is 0 Å². The zero-order valence-electron chi connectivity index (χ0n) is 10.9. The molecule has 0 aliphatic heterocycles. The summed E-state index contributed by atoms with van der Waals surface area (Å²) in [5.74, 6) is 0.630. The van der Waals surface area contributed by atoms with E-state index in [1.54, 1.807) is 7.11 Å². The van der Waals surface area contributed by atoms with Crippen molar-refractivity contribution in [3.63, 3.8) is 0 Å². The van der Waals surface area contributed by atoms with Crippen molar-refractivity contribution in [3.05, 3.63) is 54.1 Å². The fourth-order valence-corrected chi connectivity index (χ4v) is 2.00. The van der Waals surface area contributed by atoms with Crippen LogP contribution in [0.25, 0.3) is 11.1 Å². The second-order valence-corrected chi connectivity index (χ2v) is 4.41. The van der Waals surface area contributed by atoms with Gasteiger partial charge in [0.05, 0.1) is 20.3 Å². The molecule has 2 N–H and O–H groups in total. The Morgan fingerprint density at radius 1 is 0.842 bits per heavy atom. The fraction of sp³-hybridized carbons (Fsp3) is 0.250. The van der Waals surface area contributed by atoms with Crippen molar-refractivity contribution in [2.45, 2.75) is 5.92 Å². The lowest BCUT2D eigenvalue weighted by atomic mass is 9.97. The molecular weight excluding hydrogens is 240 g/mol. The number of hydrogen-bond acceptors (Lipinski definition) is 3. The summed E-state index contributed by atoms with van der Waals surface area (Å²) in [6, 6.07) is 15.7. The first-order valence-electron chi connectivity index (χ1n) is 6.24. The molecule has 0 amide bonds. The smallest absolute Gasteiger partial charge is 0.118 e. The van der Waals surface area contributed by atoms with Gasteiger partial charge < -0.3 is 14.9 Å². The largest absolute Gasteiger partial charge is 0.497 e. The molecule has 0 spiro atoms. The van der Waals surface area contributed by atoms with E-state index in [1.807, 2.05) is 48.5 Å². The molecule has 0 atom stereocenters. The van der Waals surface area contributed by atoms with Gasteiger partial charge in [0.25, 0.3) is 0 Å². The summed E-state index contributed by atoms with van der Waals surface area (Å²) in [6.45, 7) is -0.0865. The highest BCUT2D eigenvalue weighted by molar-refractivity contribution is 5.64. The molecule has 0 fully saturated rings. The van der Waals surface area contributed by atoms with Crippen LogP contribution in [-0.2, 0) is 0 Å². The highest BCUT2D eigenvalue weighted by Gasteiger charge is 2.08. The second-order valence-electron chi connectivity index (χ2n) is 4.41. The summed E-state index contributed by atoms with van der Waals surface area (Å²) in [5.41, 5.74) is 3.15. The first-order valence-corrected chi connectivity index (χ1v) is 6.24. The van der Waals surface area contributed by atoms with Crippen LogP contribution in [0.3, 0.4) is 0 Å². The molecule has 0 radical (unpaired) electrons. The molecule has 0 saturated carbocycles. The maximum Gasteiger partial charge on any atom is 0.118 e. The van der Waals surface area contributed by atoms with Crippen molar-refractivity contribution in [1.29, 1.82) is 0 Å². The SMILES string of the molecule is COc1ccc(-c2ccc(C(CO)CO)cc2)cc1. The lowest BCUT2D eigenvalue weighted by Crippen LogP contribution is -2.08. The topological polar surface area (TPSA) is 49.7 Å². The number of rotatable bonds is 5. The Morgan fingerprint density at radius 2 is 1.32 bits per heavy atom. The molecule has 2 rings (SSSR count). The molecule has 0 aliphatic rings. The van der Waals surface area contributed by atoms with Gasteiger partial charge >= 0.3 is 0 Å². The van der Waals surface area contributed by atoms with Crippen LogP contribution in [0.15, 0.2) is 48.5 Å². The number of aliphatic hydroxyl groups is 2. The molecule has 19 heavy (non-hydrogen) atoms. The van der Waals surface area contributed by atoms with E-state index in [9.17, 15) is 0 Å². The van der Waals surface area contributed by atoms with E-state index in [-0.39, 0.29) is 19.1 Å². The fourth-order valence-electron chi connectivity index (χ4n) is 2.00. The van der Waals surface area contributed by atoms with Crippen LogP contribution in [0, 0.1) is 0 Å². The van der Waals surface area contributed by atoms with E-state index in [0.29, 0.717) is 0 Å². The van der Waals surface area contributed by atoms with Crippen LogP contribution in [0.5, 0.6) is 5.75 Å². The molecule has 0 aromatic heterocycles. The number of ether oxygens (including phenoxy) is 1. The molecule has 2 aromatic carbocycles. The molecule has 0 aliphatic carbocycles. The third-order valence-electron chi connectivity index (χ3n) is 3.25. The molecule has 0 unspecified atom stereocenters. The summed E-state index contributed by atoms with van der Waals surface area (Å²) >= 11 is 0. The maximum absolute atomic E-state index is 9.15. The summed E-state index contributed by atoms with van der Waals surface area (Å²) in [6.07, 6.45) is 0. The quantitative estimate of drug-likeness (QED) is 0.866. The van der Waals surface area contributed by atoms with E-state index in [2.05, 4.69) is 0 Å². The summed E-state index contributed by atoms with van der Waals surface area (Å²) < 4.78 is 5.13. The average molecular weight is 258 g/mol. The Labute approximate surface area is 113 Å². The molecule has 0 bridgehead atoms. The monoisotopic (exact) mass is 258 g/mol. The van der Waals surface area contributed by atoms with Crippen LogP contribution in [0.1, 0.15) is 11.5 Å². The third kappa shape index (κ3) is 3.13. The summed E-state index contributed by atoms with van der Waals surface area (Å²) in [5, 5.41) is 18.3. The molecular formula is C16H18O3. The number of aliphatic hydroxyl groups excluding tert-OH is 2. The van der Waals surface area contributed by atoms with Crippen molar-refractivity contribution in [2.75, 3.05) is 20.3 Å². The lowest BCUT2D eigenvalue weighted by molar-refractivity contribution is 0.192. The molecule has 3 heteroatoms. The molecule has 2 aromatic rings. The average Bonchev–Trinajstić information content (AvgIpc) is 2.49. The minimum absolute atomic E-state index is 0.0433. The molecule has 0 heterocycles. The van der Waals surface area contributed by atoms with Gasteiger partial charge in [-0.2, -0.15) is 0 Å². The number of hydrogen-bond donors (Lipinski definition) is 2. The predicted octanol–water partition coefficient (Wildman–Crippen LogP) is 2.43. The van der Waals surface area contributed by atoms with E-state index in [1.165, 1.54) is 0 Å². The normalized spacial score (nSPS) is 10.7. The van der Waals surface area contributed by atoms with Crippen molar-refractivity contribution in [3.8, 4) is 16.9 Å². The Kier molecular flexibility index (Phi) is 4.55. The lowest BCUT2D eigenvalue weighted by Gasteiger charge is -2.12. The van der Waals surface area contributed by atoms with Crippen LogP contribution in [-0.4, -0.2) is 30.5 Å². The van der Waals surface area contributed by atoms with Crippen molar-refractivity contribution in [2.24, 2.45) is 0 Å². The van der Waals surface area contributed by atoms with Crippen LogP contribution < -0.4 is 4.74 Å². The standard InChI is InChI=1S/C16H18O3/c1-19-16-8-6-13(7-9-16)12-2-4-14(5-3-12)15(10-17)11-18/h2-9,15,17-18H,10-11H2,1H3. The first kappa shape index (κ1) is 13.6. The minimum atomic E-state index is -0.204. The molecule has 0 saturated heterocycles. The molecule has 100 valence electrons. The third-order valence-corrected chi connectivity index (χ3v) is 3.25. The van der Waals surface area contributed by atoms with Gasteiger partial charge in [-0.25, -0.2) is 0 Å². The zero-order valence-corrected chi connectivity index (χ0v) is 10.9. The van der Waals surface area contributed by atoms with Gasteiger partial charge in [0.2, 0.25) is 0 Å². The van der Waals surface area contributed by atoms with Crippen LogP contribution in [0.2, 0.25) is 0 Å². The van der Waals surface area contributed by atoms with E-state index in [4.69, 9.17) is 14.9 Å². The van der Waals surface area contributed by atoms with E-state index in [0.717, 1.165) is 22.4 Å². The van der Waals surface area contributed by atoms with Crippen LogP contribution in [0.4, 0.5) is 0 Å². The van der Waals surface area contributed by atoms with Gasteiger partial charge in [-0.15, -0.1) is 0 Å². The Bertz CT molecular complexity index is 499.